The van der Waals surface area contributed by atoms with E-state index in [1.165, 1.54) is 11.3 Å². The van der Waals surface area contributed by atoms with Crippen LogP contribution in [-0.2, 0) is 4.74 Å². The fraction of sp³-hybridized carbons (Fsp3) is 0.333. The van der Waals surface area contributed by atoms with Crippen LogP contribution in [0.2, 0.25) is 0 Å². The molecule has 2 saturated heterocycles. The molecule has 0 saturated carbocycles. The van der Waals surface area contributed by atoms with Gasteiger partial charge in [-0.3, -0.25) is 4.98 Å². The number of benzene rings is 1. The number of aromatic nitrogens is 2. The summed E-state index contributed by atoms with van der Waals surface area (Å²) in [4.78, 5) is 6.95. The van der Waals surface area contributed by atoms with E-state index in [2.05, 4.69) is 75.4 Å². The van der Waals surface area contributed by atoms with Crippen LogP contribution >= 0.6 is 12.2 Å². The van der Waals surface area contributed by atoms with Crippen LogP contribution in [0.25, 0.3) is 5.69 Å². The lowest BCUT2D eigenvalue weighted by molar-refractivity contribution is 0.0836. The maximum atomic E-state index is 5.95. The molecule has 0 aliphatic carbocycles. The quantitative estimate of drug-likeness (QED) is 0.625. The Labute approximate surface area is 182 Å². The lowest BCUT2D eigenvalue weighted by Gasteiger charge is -2.30. The van der Waals surface area contributed by atoms with Gasteiger partial charge in [-0.05, 0) is 73.9 Å². The van der Waals surface area contributed by atoms with Crippen molar-refractivity contribution in [1.82, 2.24) is 19.8 Å². The van der Waals surface area contributed by atoms with E-state index in [9.17, 15) is 0 Å². The van der Waals surface area contributed by atoms with Crippen molar-refractivity contribution in [1.29, 1.82) is 0 Å². The van der Waals surface area contributed by atoms with E-state index in [1.54, 1.807) is 0 Å². The Balaban J connectivity index is 1.57. The number of rotatable bonds is 5. The minimum atomic E-state index is -0.0152. The van der Waals surface area contributed by atoms with Gasteiger partial charge in [0.05, 0.1) is 23.9 Å². The van der Waals surface area contributed by atoms with Crippen molar-refractivity contribution in [2.24, 2.45) is 0 Å². The van der Waals surface area contributed by atoms with Gasteiger partial charge in [0.1, 0.15) is 0 Å². The van der Waals surface area contributed by atoms with Crippen LogP contribution in [0.4, 0.5) is 0 Å². The van der Waals surface area contributed by atoms with Crippen LogP contribution < -0.4 is 5.32 Å². The zero-order valence-corrected chi connectivity index (χ0v) is 17.9. The highest BCUT2D eigenvalue weighted by Gasteiger charge is 2.42. The molecule has 4 heterocycles. The van der Waals surface area contributed by atoms with Crippen molar-refractivity contribution in [3.05, 3.63) is 83.9 Å². The molecule has 1 aromatic carbocycles. The number of ether oxygens (including phenoxy) is 1. The van der Waals surface area contributed by atoms with Crippen molar-refractivity contribution >= 4 is 17.3 Å². The maximum Gasteiger partial charge on any atom is 0.170 e. The highest BCUT2D eigenvalue weighted by molar-refractivity contribution is 7.80. The number of thiocarbonyl (C=S) groups is 1. The number of pyridine rings is 1. The Kier molecular flexibility index (Phi) is 5.27. The smallest absolute Gasteiger partial charge is 0.170 e. The molecule has 2 fully saturated rings. The van der Waals surface area contributed by atoms with Gasteiger partial charge in [0, 0.05) is 36.9 Å². The molecule has 0 spiro atoms. The van der Waals surface area contributed by atoms with E-state index >= 15 is 0 Å². The van der Waals surface area contributed by atoms with Gasteiger partial charge in [0.2, 0.25) is 0 Å². The molecule has 1 N–H and O–H groups in total. The highest BCUT2D eigenvalue weighted by Crippen LogP contribution is 2.40. The molecule has 5 rings (SSSR count). The van der Waals surface area contributed by atoms with E-state index in [-0.39, 0.29) is 18.2 Å². The number of hydrogen-bond acceptors (Lipinski definition) is 3. The third-order valence-corrected chi connectivity index (χ3v) is 6.34. The fourth-order valence-electron chi connectivity index (χ4n) is 4.58. The van der Waals surface area contributed by atoms with E-state index in [0.29, 0.717) is 0 Å². The Morgan fingerprint density at radius 3 is 2.87 bits per heavy atom. The summed E-state index contributed by atoms with van der Waals surface area (Å²) in [7, 11) is 0. The third-order valence-electron chi connectivity index (χ3n) is 5.99. The summed E-state index contributed by atoms with van der Waals surface area (Å²) >= 11 is 5.81. The van der Waals surface area contributed by atoms with E-state index in [0.717, 1.165) is 42.5 Å². The molecule has 5 nitrogen and oxygen atoms in total. The van der Waals surface area contributed by atoms with E-state index < -0.39 is 0 Å². The Bertz CT molecular complexity index is 1030. The number of hydrogen-bond donors (Lipinski definition) is 1. The number of nitrogens with zero attached hydrogens (tertiary/aromatic N) is 3. The molecular formula is C24H26N4OS. The molecule has 2 aromatic heterocycles. The lowest BCUT2D eigenvalue weighted by Crippen LogP contribution is -2.36. The molecule has 0 radical (unpaired) electrons. The highest BCUT2D eigenvalue weighted by atomic mass is 32.1. The molecular weight excluding hydrogens is 392 g/mol. The molecule has 154 valence electrons. The van der Waals surface area contributed by atoms with Crippen molar-refractivity contribution in [2.75, 3.05) is 13.2 Å². The largest absolute Gasteiger partial charge is 0.376 e. The Morgan fingerprint density at radius 1 is 1.17 bits per heavy atom. The standard InChI is InChI=1S/C24H26N4OS/c1-17-7-4-8-18(15-17)27-13-5-11-21(27)23-22(20-10-2-3-12-25-20)26-24(30)28(23)16-19-9-6-14-29-19/h2-5,7-8,10-13,15,19,22-23H,6,9,14,16H2,1H3,(H,26,30)/t19-,22+,23-/m0/s1. The fourth-order valence-corrected chi connectivity index (χ4v) is 4.89. The summed E-state index contributed by atoms with van der Waals surface area (Å²) < 4.78 is 8.22. The summed E-state index contributed by atoms with van der Waals surface area (Å²) in [5.41, 5.74) is 4.59. The van der Waals surface area contributed by atoms with E-state index in [4.69, 9.17) is 17.0 Å². The van der Waals surface area contributed by atoms with Crippen molar-refractivity contribution < 1.29 is 4.74 Å². The van der Waals surface area contributed by atoms with Crippen LogP contribution in [0.15, 0.2) is 67.0 Å². The molecule has 3 atom stereocenters. The van der Waals surface area contributed by atoms with Gasteiger partial charge in [-0.15, -0.1) is 0 Å². The predicted molar refractivity (Wildman–Crippen MR) is 122 cm³/mol. The molecule has 3 aromatic rings. The van der Waals surface area contributed by atoms with Gasteiger partial charge in [-0.1, -0.05) is 18.2 Å². The monoisotopic (exact) mass is 418 g/mol. The minimum Gasteiger partial charge on any atom is -0.376 e. The minimum absolute atomic E-state index is 0.0152. The molecule has 2 aliphatic heterocycles. The van der Waals surface area contributed by atoms with Crippen LogP contribution in [-0.4, -0.2) is 38.8 Å². The second-order valence-electron chi connectivity index (χ2n) is 8.06. The summed E-state index contributed by atoms with van der Waals surface area (Å²) in [5.74, 6) is 0. The van der Waals surface area contributed by atoms with Crippen molar-refractivity contribution in [3.8, 4) is 5.69 Å². The summed E-state index contributed by atoms with van der Waals surface area (Å²) in [6.07, 6.45) is 6.40. The van der Waals surface area contributed by atoms with Crippen LogP contribution in [0.3, 0.4) is 0 Å². The van der Waals surface area contributed by atoms with Gasteiger partial charge in [0.25, 0.3) is 0 Å². The molecule has 6 heteroatoms. The van der Waals surface area contributed by atoms with Crippen LogP contribution in [0, 0.1) is 6.92 Å². The second kappa shape index (κ2) is 8.20. The molecule has 2 aliphatic rings. The number of nitrogens with one attached hydrogen (secondary N) is 1. The van der Waals surface area contributed by atoms with Gasteiger partial charge in [-0.2, -0.15) is 0 Å². The lowest BCUT2D eigenvalue weighted by atomic mass is 10.0. The summed E-state index contributed by atoms with van der Waals surface area (Å²) in [6.45, 7) is 3.75. The maximum absolute atomic E-state index is 5.95. The normalized spacial score (nSPS) is 23.7. The Hall–Kier alpha value is -2.70. The summed E-state index contributed by atoms with van der Waals surface area (Å²) in [5, 5.41) is 4.32. The predicted octanol–water partition coefficient (Wildman–Crippen LogP) is 4.33. The van der Waals surface area contributed by atoms with E-state index in [1.807, 2.05) is 18.3 Å². The van der Waals surface area contributed by atoms with Gasteiger partial charge in [-0.25, -0.2) is 0 Å². The zero-order valence-electron chi connectivity index (χ0n) is 17.1. The molecule has 0 amide bonds. The van der Waals surface area contributed by atoms with Gasteiger partial charge in [0.15, 0.2) is 5.11 Å². The van der Waals surface area contributed by atoms with Crippen LogP contribution in [0.5, 0.6) is 0 Å². The second-order valence-corrected chi connectivity index (χ2v) is 8.44. The third kappa shape index (κ3) is 3.61. The first-order valence-electron chi connectivity index (χ1n) is 10.5. The topological polar surface area (TPSA) is 42.3 Å². The zero-order chi connectivity index (χ0) is 20.5. The number of aryl methyl sites for hydroxylation is 1. The van der Waals surface area contributed by atoms with Gasteiger partial charge >= 0.3 is 0 Å². The first-order chi connectivity index (χ1) is 14.7. The average Bonchev–Trinajstić information content (AvgIpc) is 3.50. The van der Waals surface area contributed by atoms with Crippen LogP contribution in [0.1, 0.15) is 41.9 Å². The SMILES string of the molecule is Cc1cccc(-n2cccc2[C@H]2[C@@H](c3ccccn3)NC(=S)N2C[C@@H]2CCCO2)c1. The Morgan fingerprint density at radius 2 is 2.10 bits per heavy atom. The van der Waals surface area contributed by atoms with Crippen molar-refractivity contribution in [2.45, 2.75) is 38.0 Å². The summed E-state index contributed by atoms with van der Waals surface area (Å²) in [6, 6.07) is 19.0. The van der Waals surface area contributed by atoms with Gasteiger partial charge < -0.3 is 19.5 Å². The van der Waals surface area contributed by atoms with Crippen molar-refractivity contribution in [3.63, 3.8) is 0 Å². The first-order valence-corrected chi connectivity index (χ1v) is 11.0. The molecule has 0 bridgehead atoms. The molecule has 0 unspecified atom stereocenters. The molecule has 30 heavy (non-hydrogen) atoms. The first kappa shape index (κ1) is 19.3. The average molecular weight is 419 g/mol.